The number of carbonyl (C=O) groups excluding carboxylic acids is 2. The van der Waals surface area contributed by atoms with Crippen LogP contribution in [-0.4, -0.2) is 59.9 Å². The number of hydrogen-bond donors (Lipinski definition) is 1. The lowest BCUT2D eigenvalue weighted by Gasteiger charge is -2.51. The van der Waals surface area contributed by atoms with Crippen molar-refractivity contribution in [2.24, 2.45) is 5.92 Å². The number of fused-ring (bicyclic) bond motifs is 2. The van der Waals surface area contributed by atoms with Gasteiger partial charge in [0.25, 0.3) is 0 Å². The molecule has 2 amide bonds. The standard InChI is InChI=1S/C21H29N3O2/c1-15(25)22-11-5-8-19(26)24-14-18(16-6-3-2-4-7-16)21-20(24)17-9-12-23(21)13-10-17/h2-4,6-7,17-18,20-21H,5,8-14H2,1H3,(H,22,25)/t18-,20-,21-/m1/s1. The first-order chi connectivity index (χ1) is 12.6. The lowest BCUT2D eigenvalue weighted by Crippen LogP contribution is -2.60. The molecule has 4 fully saturated rings. The minimum absolute atomic E-state index is 0.0276. The minimum Gasteiger partial charge on any atom is -0.356 e. The lowest BCUT2D eigenvalue weighted by molar-refractivity contribution is -0.136. The molecule has 1 aromatic carbocycles. The van der Waals surface area contributed by atoms with Crippen molar-refractivity contribution < 1.29 is 9.59 Å². The van der Waals surface area contributed by atoms with Crippen LogP contribution in [0, 0.1) is 5.92 Å². The molecule has 4 aliphatic rings. The van der Waals surface area contributed by atoms with Crippen LogP contribution in [0.3, 0.4) is 0 Å². The van der Waals surface area contributed by atoms with Crippen LogP contribution in [-0.2, 0) is 9.59 Å². The number of piperidine rings is 3. The number of nitrogens with zero attached hydrogens (tertiary/aromatic N) is 2. The van der Waals surface area contributed by atoms with Crippen LogP contribution < -0.4 is 5.32 Å². The average molecular weight is 355 g/mol. The van der Waals surface area contributed by atoms with Gasteiger partial charge in [-0.25, -0.2) is 0 Å². The number of likely N-dealkylation sites (tertiary alicyclic amines) is 1. The third-order valence-electron chi connectivity index (χ3n) is 6.48. The normalized spacial score (nSPS) is 32.3. The zero-order valence-corrected chi connectivity index (χ0v) is 15.6. The summed E-state index contributed by atoms with van der Waals surface area (Å²) in [6, 6.07) is 11.6. The van der Waals surface area contributed by atoms with Crippen LogP contribution in [0.25, 0.3) is 0 Å². The zero-order valence-electron chi connectivity index (χ0n) is 15.6. The van der Waals surface area contributed by atoms with Crippen LogP contribution in [0.4, 0.5) is 0 Å². The largest absolute Gasteiger partial charge is 0.356 e. The van der Waals surface area contributed by atoms with Crippen molar-refractivity contribution in [3.8, 4) is 0 Å². The van der Waals surface area contributed by atoms with Gasteiger partial charge in [0.15, 0.2) is 0 Å². The predicted octanol–water partition coefficient (Wildman–Crippen LogP) is 1.99. The Kier molecular flexibility index (Phi) is 4.98. The van der Waals surface area contributed by atoms with E-state index in [0.717, 1.165) is 13.0 Å². The maximum Gasteiger partial charge on any atom is 0.222 e. The lowest BCUT2D eigenvalue weighted by atomic mass is 9.75. The Balaban J connectivity index is 1.50. The van der Waals surface area contributed by atoms with Crippen LogP contribution in [0.2, 0.25) is 0 Å². The second-order valence-corrected chi connectivity index (χ2v) is 8.00. The Bertz CT molecular complexity index is 654. The van der Waals surface area contributed by atoms with Gasteiger partial charge in [-0.1, -0.05) is 30.3 Å². The highest BCUT2D eigenvalue weighted by Crippen LogP contribution is 2.46. The van der Waals surface area contributed by atoms with Gasteiger partial charge < -0.3 is 10.2 Å². The highest BCUT2D eigenvalue weighted by molar-refractivity contribution is 5.77. The van der Waals surface area contributed by atoms with E-state index in [1.807, 2.05) is 0 Å². The second kappa shape index (κ2) is 7.39. The summed E-state index contributed by atoms with van der Waals surface area (Å²) in [5.74, 6) is 1.30. The number of rotatable bonds is 5. The number of carbonyl (C=O) groups is 2. The van der Waals surface area contributed by atoms with E-state index in [2.05, 4.69) is 45.4 Å². The first-order valence-corrected chi connectivity index (χ1v) is 9.98. The van der Waals surface area contributed by atoms with Crippen molar-refractivity contribution in [3.63, 3.8) is 0 Å². The molecule has 0 spiro atoms. The monoisotopic (exact) mass is 355 g/mol. The van der Waals surface area contributed by atoms with Crippen LogP contribution >= 0.6 is 0 Å². The number of hydrogen-bond acceptors (Lipinski definition) is 3. The molecule has 0 unspecified atom stereocenters. The molecule has 0 radical (unpaired) electrons. The number of nitrogens with one attached hydrogen (secondary N) is 1. The average Bonchev–Trinajstić information content (AvgIpc) is 3.09. The molecule has 3 atom stereocenters. The summed E-state index contributed by atoms with van der Waals surface area (Å²) in [6.45, 7) is 5.30. The van der Waals surface area contributed by atoms with E-state index in [4.69, 9.17) is 0 Å². The molecule has 4 aliphatic heterocycles. The van der Waals surface area contributed by atoms with E-state index in [9.17, 15) is 9.59 Å². The molecular formula is C21H29N3O2. The smallest absolute Gasteiger partial charge is 0.222 e. The quantitative estimate of drug-likeness (QED) is 0.822. The van der Waals surface area contributed by atoms with E-state index in [-0.39, 0.29) is 11.8 Å². The summed E-state index contributed by atoms with van der Waals surface area (Å²) in [4.78, 5) is 28.8. The third kappa shape index (κ3) is 3.25. The van der Waals surface area contributed by atoms with Crippen molar-refractivity contribution in [1.82, 2.24) is 15.1 Å². The number of benzene rings is 1. The molecule has 5 nitrogen and oxygen atoms in total. The Hall–Kier alpha value is -1.88. The SMILES string of the molecule is CC(=O)NCCCC(=O)N1C[C@H](c2ccccc2)[C@@H]2[C@H]1C1CCN2CC1. The molecule has 140 valence electrons. The van der Waals surface area contributed by atoms with Gasteiger partial charge in [-0.3, -0.25) is 14.5 Å². The van der Waals surface area contributed by atoms with Gasteiger partial charge in [-0.15, -0.1) is 0 Å². The van der Waals surface area contributed by atoms with Crippen molar-refractivity contribution in [3.05, 3.63) is 35.9 Å². The molecule has 5 rings (SSSR count). The summed E-state index contributed by atoms with van der Waals surface area (Å²) in [6.07, 6.45) is 3.69. The zero-order chi connectivity index (χ0) is 18.1. The predicted molar refractivity (Wildman–Crippen MR) is 101 cm³/mol. The fraction of sp³-hybridized carbons (Fsp3) is 0.619. The second-order valence-electron chi connectivity index (χ2n) is 8.00. The summed E-state index contributed by atoms with van der Waals surface area (Å²) in [5, 5.41) is 2.79. The molecule has 1 N–H and O–H groups in total. The Morgan fingerprint density at radius 1 is 1.12 bits per heavy atom. The third-order valence-corrected chi connectivity index (χ3v) is 6.48. The first kappa shape index (κ1) is 17.5. The summed E-state index contributed by atoms with van der Waals surface area (Å²) < 4.78 is 0. The van der Waals surface area contributed by atoms with E-state index in [1.54, 1.807) is 0 Å². The summed E-state index contributed by atoms with van der Waals surface area (Å²) in [5.41, 5.74) is 1.36. The molecule has 0 aliphatic carbocycles. The van der Waals surface area contributed by atoms with Gasteiger partial charge in [0.2, 0.25) is 11.8 Å². The molecule has 2 bridgehead atoms. The Morgan fingerprint density at radius 2 is 1.85 bits per heavy atom. The minimum atomic E-state index is -0.0276. The van der Waals surface area contributed by atoms with Gasteiger partial charge >= 0.3 is 0 Å². The van der Waals surface area contributed by atoms with Gasteiger partial charge in [0, 0.05) is 38.4 Å². The van der Waals surface area contributed by atoms with E-state index in [0.29, 0.717) is 36.9 Å². The maximum absolute atomic E-state index is 13.0. The molecule has 26 heavy (non-hydrogen) atoms. The van der Waals surface area contributed by atoms with Crippen molar-refractivity contribution in [1.29, 1.82) is 0 Å². The van der Waals surface area contributed by atoms with Crippen molar-refractivity contribution in [2.45, 2.75) is 50.6 Å². The number of amides is 2. The molecule has 4 heterocycles. The highest BCUT2D eigenvalue weighted by atomic mass is 16.2. The molecular weight excluding hydrogens is 326 g/mol. The highest BCUT2D eigenvalue weighted by Gasteiger charge is 2.54. The fourth-order valence-electron chi connectivity index (χ4n) is 5.35. The Labute approximate surface area is 155 Å². The molecule has 4 saturated heterocycles. The molecule has 0 aromatic heterocycles. The van der Waals surface area contributed by atoms with E-state index in [1.165, 1.54) is 38.4 Å². The van der Waals surface area contributed by atoms with Gasteiger partial charge in [-0.2, -0.15) is 0 Å². The van der Waals surface area contributed by atoms with Gasteiger partial charge in [-0.05, 0) is 43.8 Å². The maximum atomic E-state index is 13.0. The van der Waals surface area contributed by atoms with Crippen LogP contribution in [0.1, 0.15) is 44.1 Å². The summed E-state index contributed by atoms with van der Waals surface area (Å²) in [7, 11) is 0. The first-order valence-electron chi connectivity index (χ1n) is 9.98. The summed E-state index contributed by atoms with van der Waals surface area (Å²) >= 11 is 0. The van der Waals surface area contributed by atoms with Gasteiger partial charge in [0.05, 0.1) is 6.04 Å². The Morgan fingerprint density at radius 3 is 2.54 bits per heavy atom. The van der Waals surface area contributed by atoms with E-state index >= 15 is 0 Å². The molecule has 5 heteroatoms. The molecule has 1 aromatic rings. The van der Waals surface area contributed by atoms with Gasteiger partial charge in [0.1, 0.15) is 0 Å². The fourth-order valence-corrected chi connectivity index (χ4v) is 5.35. The van der Waals surface area contributed by atoms with E-state index < -0.39 is 0 Å². The van der Waals surface area contributed by atoms with Crippen molar-refractivity contribution >= 4 is 11.8 Å². The topological polar surface area (TPSA) is 52.7 Å². The van der Waals surface area contributed by atoms with Crippen LogP contribution in [0.5, 0.6) is 0 Å². The van der Waals surface area contributed by atoms with Crippen LogP contribution in [0.15, 0.2) is 30.3 Å². The van der Waals surface area contributed by atoms with Crippen molar-refractivity contribution in [2.75, 3.05) is 26.2 Å². The molecule has 0 saturated carbocycles.